The lowest BCUT2D eigenvalue weighted by atomic mass is 9.81. The zero-order valence-corrected chi connectivity index (χ0v) is 31.7. The van der Waals surface area contributed by atoms with Gasteiger partial charge in [-0.15, -0.1) is 0 Å². The standard InChI is InChI=1S/C55H41N/c1-55(2)51-30-17-29-47(39-20-8-4-9-21-39)54(51)48-33-32-45(37-52(48)55)56(53-31-15-14-28-46(53)38-18-6-3-7-19-38)44-27-16-26-43(34-44)50-36-42-25-13-12-24-41(42)35-49(50)40-22-10-5-11-23-40/h3-37H,1-2H3. The maximum absolute atomic E-state index is 2.46. The fraction of sp³-hybridized carbons (Fsp3) is 0.0545. The normalized spacial score (nSPS) is 12.6. The van der Waals surface area contributed by atoms with Gasteiger partial charge in [0.1, 0.15) is 0 Å². The maximum atomic E-state index is 2.46. The third kappa shape index (κ3) is 5.72. The van der Waals surface area contributed by atoms with E-state index in [0.29, 0.717) is 0 Å². The van der Waals surface area contributed by atoms with Gasteiger partial charge in [-0.2, -0.15) is 0 Å². The predicted octanol–water partition coefficient (Wildman–Crippen LogP) is 15.3. The van der Waals surface area contributed by atoms with E-state index in [4.69, 9.17) is 0 Å². The van der Waals surface area contributed by atoms with Gasteiger partial charge >= 0.3 is 0 Å². The van der Waals surface area contributed by atoms with Gasteiger partial charge in [-0.3, -0.25) is 0 Å². The van der Waals surface area contributed by atoms with E-state index in [-0.39, 0.29) is 5.41 Å². The molecule has 0 aliphatic heterocycles. The molecule has 266 valence electrons. The summed E-state index contributed by atoms with van der Waals surface area (Å²) in [6, 6.07) is 77.6. The summed E-state index contributed by atoms with van der Waals surface area (Å²) in [6.07, 6.45) is 0. The van der Waals surface area contributed by atoms with Crippen LogP contribution in [0.3, 0.4) is 0 Å². The monoisotopic (exact) mass is 715 g/mol. The minimum Gasteiger partial charge on any atom is -0.310 e. The highest BCUT2D eigenvalue weighted by Crippen LogP contribution is 2.54. The Bertz CT molecular complexity index is 2870. The maximum Gasteiger partial charge on any atom is 0.0540 e. The van der Waals surface area contributed by atoms with Gasteiger partial charge in [0.2, 0.25) is 0 Å². The van der Waals surface area contributed by atoms with Crippen molar-refractivity contribution in [3.8, 4) is 55.6 Å². The first-order valence-electron chi connectivity index (χ1n) is 19.5. The second kappa shape index (κ2) is 13.7. The molecule has 0 unspecified atom stereocenters. The molecule has 0 saturated heterocycles. The summed E-state index contributed by atoms with van der Waals surface area (Å²) in [7, 11) is 0. The Hall–Kier alpha value is -6.96. The van der Waals surface area contributed by atoms with Crippen molar-refractivity contribution in [2.45, 2.75) is 19.3 Å². The number of anilines is 3. The molecule has 0 heterocycles. The van der Waals surface area contributed by atoms with Crippen LogP contribution in [0.25, 0.3) is 66.4 Å². The third-order valence-electron chi connectivity index (χ3n) is 11.6. The molecular formula is C55H41N. The van der Waals surface area contributed by atoms with Crippen molar-refractivity contribution in [1.29, 1.82) is 0 Å². The molecule has 9 aromatic rings. The Kier molecular flexibility index (Phi) is 8.23. The quantitative estimate of drug-likeness (QED) is 0.159. The Labute approximate surface area is 329 Å². The number of nitrogens with zero attached hydrogens (tertiary/aromatic N) is 1. The van der Waals surface area contributed by atoms with Gasteiger partial charge < -0.3 is 4.90 Å². The Morgan fingerprint density at radius 2 is 0.821 bits per heavy atom. The Morgan fingerprint density at radius 3 is 1.50 bits per heavy atom. The van der Waals surface area contributed by atoms with Crippen LogP contribution in [0.15, 0.2) is 212 Å². The first kappa shape index (κ1) is 33.6. The van der Waals surface area contributed by atoms with E-state index in [9.17, 15) is 0 Å². The molecule has 0 spiro atoms. The van der Waals surface area contributed by atoms with Crippen molar-refractivity contribution < 1.29 is 0 Å². The molecule has 0 aromatic heterocycles. The summed E-state index contributed by atoms with van der Waals surface area (Å²) in [4.78, 5) is 2.46. The lowest BCUT2D eigenvalue weighted by molar-refractivity contribution is 0.660. The number of rotatable bonds is 7. The van der Waals surface area contributed by atoms with Gasteiger partial charge in [0.25, 0.3) is 0 Å². The van der Waals surface area contributed by atoms with Gasteiger partial charge in [0.05, 0.1) is 5.69 Å². The summed E-state index contributed by atoms with van der Waals surface area (Å²) < 4.78 is 0. The average Bonchev–Trinajstić information content (AvgIpc) is 3.50. The largest absolute Gasteiger partial charge is 0.310 e. The zero-order valence-electron chi connectivity index (χ0n) is 31.7. The molecular weight excluding hydrogens is 675 g/mol. The number of para-hydroxylation sites is 1. The molecule has 1 aliphatic carbocycles. The molecule has 0 amide bonds. The number of fused-ring (bicyclic) bond motifs is 4. The van der Waals surface area contributed by atoms with E-state index in [1.54, 1.807) is 0 Å². The topological polar surface area (TPSA) is 3.24 Å². The molecule has 1 aliphatic rings. The Balaban J connectivity index is 1.19. The molecule has 1 heteroatoms. The molecule has 0 atom stereocenters. The molecule has 10 rings (SSSR count). The molecule has 0 saturated carbocycles. The minimum absolute atomic E-state index is 0.187. The second-order valence-corrected chi connectivity index (χ2v) is 15.3. The van der Waals surface area contributed by atoms with Crippen LogP contribution < -0.4 is 4.90 Å². The fourth-order valence-electron chi connectivity index (χ4n) is 8.88. The van der Waals surface area contributed by atoms with E-state index in [1.165, 1.54) is 77.5 Å². The van der Waals surface area contributed by atoms with Crippen LogP contribution in [0, 0.1) is 0 Å². The summed E-state index contributed by atoms with van der Waals surface area (Å²) in [5, 5.41) is 2.47. The van der Waals surface area contributed by atoms with Gasteiger partial charge in [0, 0.05) is 22.4 Å². The van der Waals surface area contributed by atoms with Crippen molar-refractivity contribution >= 4 is 27.8 Å². The molecule has 1 nitrogen and oxygen atoms in total. The first-order valence-corrected chi connectivity index (χ1v) is 19.5. The van der Waals surface area contributed by atoms with Gasteiger partial charge in [-0.25, -0.2) is 0 Å². The van der Waals surface area contributed by atoms with Gasteiger partial charge in [0.15, 0.2) is 0 Å². The van der Waals surface area contributed by atoms with E-state index in [2.05, 4.69) is 231 Å². The second-order valence-electron chi connectivity index (χ2n) is 15.3. The summed E-state index contributed by atoms with van der Waals surface area (Å²) >= 11 is 0. The van der Waals surface area contributed by atoms with Crippen LogP contribution in [-0.4, -0.2) is 0 Å². The minimum atomic E-state index is -0.187. The van der Waals surface area contributed by atoms with Crippen LogP contribution >= 0.6 is 0 Å². The summed E-state index contributed by atoms with van der Waals surface area (Å²) in [6.45, 7) is 4.76. The van der Waals surface area contributed by atoms with E-state index < -0.39 is 0 Å². The number of hydrogen-bond acceptors (Lipinski definition) is 1. The SMILES string of the molecule is CC1(C)c2cc(N(c3cccc(-c4cc5ccccc5cc4-c4ccccc4)c3)c3ccccc3-c3ccccc3)ccc2-c2c(-c3ccccc3)cccc21. The van der Waals surface area contributed by atoms with E-state index >= 15 is 0 Å². The summed E-state index contributed by atoms with van der Waals surface area (Å²) in [5.74, 6) is 0. The molecule has 0 bridgehead atoms. The van der Waals surface area contributed by atoms with Gasteiger partial charge in [-0.1, -0.05) is 184 Å². The third-order valence-corrected chi connectivity index (χ3v) is 11.6. The fourth-order valence-corrected chi connectivity index (χ4v) is 8.88. The number of benzene rings is 9. The zero-order chi connectivity index (χ0) is 37.6. The highest BCUT2D eigenvalue weighted by atomic mass is 15.1. The van der Waals surface area contributed by atoms with Crippen LogP contribution in [0.5, 0.6) is 0 Å². The highest BCUT2D eigenvalue weighted by molar-refractivity contribution is 5.99. The van der Waals surface area contributed by atoms with E-state index in [1.807, 2.05) is 0 Å². The van der Waals surface area contributed by atoms with Crippen LogP contribution in [0.2, 0.25) is 0 Å². The highest BCUT2D eigenvalue weighted by Gasteiger charge is 2.37. The molecule has 9 aromatic carbocycles. The summed E-state index contributed by atoms with van der Waals surface area (Å²) in [5.41, 5.74) is 18.3. The van der Waals surface area contributed by atoms with Crippen molar-refractivity contribution in [2.75, 3.05) is 4.90 Å². The van der Waals surface area contributed by atoms with Crippen molar-refractivity contribution in [2.24, 2.45) is 0 Å². The van der Waals surface area contributed by atoms with Crippen LogP contribution in [0.4, 0.5) is 17.1 Å². The lowest BCUT2D eigenvalue weighted by Gasteiger charge is -2.30. The average molecular weight is 716 g/mol. The molecule has 0 fully saturated rings. The van der Waals surface area contributed by atoms with Gasteiger partial charge in [-0.05, 0) is 114 Å². The van der Waals surface area contributed by atoms with E-state index in [0.717, 1.165) is 17.1 Å². The van der Waals surface area contributed by atoms with Crippen molar-refractivity contribution in [3.05, 3.63) is 223 Å². The molecule has 56 heavy (non-hydrogen) atoms. The number of hydrogen-bond donors (Lipinski definition) is 0. The predicted molar refractivity (Wildman–Crippen MR) is 238 cm³/mol. The van der Waals surface area contributed by atoms with Crippen molar-refractivity contribution in [3.63, 3.8) is 0 Å². The van der Waals surface area contributed by atoms with Crippen molar-refractivity contribution in [1.82, 2.24) is 0 Å². The first-order chi connectivity index (χ1) is 27.5. The van der Waals surface area contributed by atoms with Crippen LogP contribution in [-0.2, 0) is 5.41 Å². The molecule has 0 N–H and O–H groups in total. The lowest BCUT2D eigenvalue weighted by Crippen LogP contribution is -2.17. The molecule has 0 radical (unpaired) electrons. The Morgan fingerprint density at radius 1 is 0.321 bits per heavy atom. The van der Waals surface area contributed by atoms with Crippen LogP contribution in [0.1, 0.15) is 25.0 Å². The smallest absolute Gasteiger partial charge is 0.0540 e.